The van der Waals surface area contributed by atoms with E-state index in [1.807, 2.05) is 36.6 Å². The number of rotatable bonds is 9. The molecule has 0 saturated heterocycles. The van der Waals surface area contributed by atoms with Gasteiger partial charge in [0.15, 0.2) is 16.6 Å². The highest BCUT2D eigenvalue weighted by molar-refractivity contribution is 7.98. The van der Waals surface area contributed by atoms with E-state index in [-0.39, 0.29) is 11.4 Å². The number of nitrogens with one attached hydrogen (secondary N) is 1. The summed E-state index contributed by atoms with van der Waals surface area (Å²) in [6.07, 6.45) is 4.86. The van der Waals surface area contributed by atoms with Crippen molar-refractivity contribution in [1.29, 1.82) is 0 Å². The van der Waals surface area contributed by atoms with E-state index in [0.717, 1.165) is 29.6 Å². The average Bonchev–Trinajstić information content (AvgIpc) is 3.28. The van der Waals surface area contributed by atoms with Crippen molar-refractivity contribution in [2.24, 2.45) is 5.92 Å². The number of aromatic nitrogens is 5. The zero-order valence-electron chi connectivity index (χ0n) is 16.9. The van der Waals surface area contributed by atoms with Gasteiger partial charge in [-0.1, -0.05) is 43.8 Å². The molecule has 154 valence electrons. The molecule has 8 nitrogen and oxygen atoms in total. The molecule has 0 aliphatic carbocycles. The first-order chi connectivity index (χ1) is 14.0. The zero-order valence-corrected chi connectivity index (χ0v) is 17.7. The normalized spacial score (nSPS) is 11.2. The van der Waals surface area contributed by atoms with Crippen LogP contribution in [0.3, 0.4) is 0 Å². The van der Waals surface area contributed by atoms with E-state index in [0.29, 0.717) is 18.9 Å². The van der Waals surface area contributed by atoms with Gasteiger partial charge < -0.3 is 15.0 Å². The summed E-state index contributed by atoms with van der Waals surface area (Å²) in [4.78, 5) is 12.4. The highest BCUT2D eigenvalue weighted by Gasteiger charge is 2.17. The zero-order chi connectivity index (χ0) is 20.8. The molecule has 0 spiro atoms. The van der Waals surface area contributed by atoms with Crippen LogP contribution < -0.4 is 5.32 Å². The van der Waals surface area contributed by atoms with Crippen molar-refractivity contribution in [2.45, 2.75) is 38.4 Å². The summed E-state index contributed by atoms with van der Waals surface area (Å²) >= 11 is 1.58. The molecule has 0 saturated carbocycles. The number of aryl methyl sites for hydroxylation is 1. The van der Waals surface area contributed by atoms with Crippen LogP contribution >= 0.6 is 11.8 Å². The van der Waals surface area contributed by atoms with Crippen LogP contribution in [0.1, 0.15) is 36.6 Å². The second-order valence-electron chi connectivity index (χ2n) is 7.11. The van der Waals surface area contributed by atoms with Gasteiger partial charge in [0.25, 0.3) is 5.91 Å². The fourth-order valence-electron chi connectivity index (χ4n) is 2.98. The van der Waals surface area contributed by atoms with Gasteiger partial charge in [-0.25, -0.2) is 4.68 Å². The van der Waals surface area contributed by atoms with Crippen LogP contribution in [0.15, 0.2) is 41.7 Å². The number of aromatic hydroxyl groups is 1. The molecule has 0 bridgehead atoms. The van der Waals surface area contributed by atoms with E-state index in [4.69, 9.17) is 0 Å². The lowest BCUT2D eigenvalue weighted by Gasteiger charge is -2.11. The van der Waals surface area contributed by atoms with Crippen LogP contribution in [-0.4, -0.2) is 48.4 Å². The molecule has 29 heavy (non-hydrogen) atoms. The lowest BCUT2D eigenvalue weighted by molar-refractivity contribution is 0.0945. The fourth-order valence-corrected chi connectivity index (χ4v) is 3.50. The van der Waals surface area contributed by atoms with Crippen molar-refractivity contribution in [3.05, 3.63) is 48.0 Å². The molecule has 1 amide bonds. The number of benzene rings is 1. The third kappa shape index (κ3) is 5.17. The van der Waals surface area contributed by atoms with Crippen LogP contribution in [0.5, 0.6) is 5.75 Å². The molecule has 3 rings (SSSR count). The third-order valence-corrected chi connectivity index (χ3v) is 4.98. The van der Waals surface area contributed by atoms with E-state index in [2.05, 4.69) is 39.0 Å². The summed E-state index contributed by atoms with van der Waals surface area (Å²) in [5, 5.41) is 26.5. The Kier molecular flexibility index (Phi) is 6.92. The molecule has 0 unspecified atom stereocenters. The van der Waals surface area contributed by atoms with Crippen molar-refractivity contribution in [3.63, 3.8) is 0 Å². The maximum Gasteiger partial charge on any atom is 0.275 e. The van der Waals surface area contributed by atoms with E-state index in [1.165, 1.54) is 10.9 Å². The standard InChI is InChI=1S/C20H26N6O2S/c1-14(2)12-25-17(22-23-20(25)29-3)10-7-11-21-19(28)18-16(27)13-26(24-18)15-8-5-4-6-9-15/h4-6,8-9,13-14,27H,7,10-12H2,1-3H3,(H,21,28). The molecule has 0 atom stereocenters. The molecule has 0 aliphatic rings. The van der Waals surface area contributed by atoms with Gasteiger partial charge in [-0.3, -0.25) is 4.79 Å². The van der Waals surface area contributed by atoms with Crippen molar-refractivity contribution in [3.8, 4) is 11.4 Å². The third-order valence-electron chi connectivity index (χ3n) is 4.32. The molecule has 2 heterocycles. The van der Waals surface area contributed by atoms with Crippen molar-refractivity contribution in [2.75, 3.05) is 12.8 Å². The SMILES string of the molecule is CSc1nnc(CCCNC(=O)c2nn(-c3ccccc3)cc2O)n1CC(C)C. The van der Waals surface area contributed by atoms with Crippen molar-refractivity contribution in [1.82, 2.24) is 29.9 Å². The molecule has 0 fully saturated rings. The van der Waals surface area contributed by atoms with Gasteiger partial charge in [-0.2, -0.15) is 5.10 Å². The first-order valence-electron chi connectivity index (χ1n) is 9.58. The Morgan fingerprint density at radius 3 is 2.69 bits per heavy atom. The van der Waals surface area contributed by atoms with E-state index in [9.17, 15) is 9.90 Å². The Morgan fingerprint density at radius 1 is 1.24 bits per heavy atom. The monoisotopic (exact) mass is 414 g/mol. The van der Waals surface area contributed by atoms with Gasteiger partial charge in [0.1, 0.15) is 5.82 Å². The van der Waals surface area contributed by atoms with E-state index < -0.39 is 5.91 Å². The Bertz CT molecular complexity index is 951. The van der Waals surface area contributed by atoms with Crippen molar-refractivity contribution < 1.29 is 9.90 Å². The number of carbonyl (C=O) groups excluding carboxylic acids is 1. The topological polar surface area (TPSA) is 97.9 Å². The number of para-hydroxylation sites is 1. The Balaban J connectivity index is 1.56. The maximum absolute atomic E-state index is 12.4. The quantitative estimate of drug-likeness (QED) is 0.413. The Morgan fingerprint density at radius 2 is 2.00 bits per heavy atom. The van der Waals surface area contributed by atoms with E-state index >= 15 is 0 Å². The maximum atomic E-state index is 12.4. The second kappa shape index (κ2) is 9.60. The van der Waals surface area contributed by atoms with Crippen LogP contribution in [0.4, 0.5) is 0 Å². The van der Waals surface area contributed by atoms with Crippen LogP contribution in [0, 0.1) is 5.92 Å². The molecule has 9 heteroatoms. The van der Waals surface area contributed by atoms with E-state index in [1.54, 1.807) is 11.8 Å². The highest BCUT2D eigenvalue weighted by atomic mass is 32.2. The molecular formula is C20H26N6O2S. The van der Waals surface area contributed by atoms with Crippen molar-refractivity contribution >= 4 is 17.7 Å². The van der Waals surface area contributed by atoms with Gasteiger partial charge in [-0.15, -0.1) is 10.2 Å². The van der Waals surface area contributed by atoms with Crippen LogP contribution in [0.25, 0.3) is 5.69 Å². The number of thioether (sulfide) groups is 1. The first kappa shape index (κ1) is 20.9. The predicted octanol–water partition coefficient (Wildman–Crippen LogP) is 2.91. The number of carbonyl (C=O) groups is 1. The second-order valence-corrected chi connectivity index (χ2v) is 7.88. The fraction of sp³-hybridized carbons (Fsp3) is 0.400. The molecule has 1 aromatic carbocycles. The average molecular weight is 415 g/mol. The minimum Gasteiger partial charge on any atom is -0.504 e. The summed E-state index contributed by atoms with van der Waals surface area (Å²) in [7, 11) is 0. The summed E-state index contributed by atoms with van der Waals surface area (Å²) < 4.78 is 3.63. The summed E-state index contributed by atoms with van der Waals surface area (Å²) in [6.45, 7) is 5.65. The Hall–Kier alpha value is -2.81. The largest absolute Gasteiger partial charge is 0.504 e. The van der Waals surface area contributed by atoms with Gasteiger partial charge >= 0.3 is 0 Å². The predicted molar refractivity (Wildman–Crippen MR) is 113 cm³/mol. The van der Waals surface area contributed by atoms with Crippen LogP contribution in [0.2, 0.25) is 0 Å². The number of nitrogens with zero attached hydrogens (tertiary/aromatic N) is 5. The van der Waals surface area contributed by atoms with Gasteiger partial charge in [0.2, 0.25) is 0 Å². The highest BCUT2D eigenvalue weighted by Crippen LogP contribution is 2.18. The Labute approximate surface area is 174 Å². The lowest BCUT2D eigenvalue weighted by Crippen LogP contribution is -2.25. The number of hydrogen-bond acceptors (Lipinski definition) is 6. The minimum absolute atomic E-state index is 0.0153. The number of amides is 1. The molecule has 2 aromatic heterocycles. The first-order valence-corrected chi connectivity index (χ1v) is 10.8. The summed E-state index contributed by atoms with van der Waals surface area (Å²) in [6, 6.07) is 9.34. The molecule has 0 radical (unpaired) electrons. The van der Waals surface area contributed by atoms with Gasteiger partial charge in [-0.05, 0) is 30.7 Å². The molecular weight excluding hydrogens is 388 g/mol. The number of hydrogen-bond donors (Lipinski definition) is 2. The van der Waals surface area contributed by atoms with Crippen LogP contribution in [-0.2, 0) is 13.0 Å². The molecule has 0 aliphatic heterocycles. The van der Waals surface area contributed by atoms with Gasteiger partial charge in [0, 0.05) is 19.5 Å². The van der Waals surface area contributed by atoms with Gasteiger partial charge in [0.05, 0.1) is 11.9 Å². The minimum atomic E-state index is -0.398. The smallest absolute Gasteiger partial charge is 0.275 e. The molecule has 2 N–H and O–H groups in total. The lowest BCUT2D eigenvalue weighted by atomic mass is 10.2. The molecule has 3 aromatic rings. The summed E-state index contributed by atoms with van der Waals surface area (Å²) in [5.74, 6) is 0.879. The summed E-state index contributed by atoms with van der Waals surface area (Å²) in [5.41, 5.74) is 0.789.